The fourth-order valence-electron chi connectivity index (χ4n) is 8.32. The molecule has 4 amide bonds. The summed E-state index contributed by atoms with van der Waals surface area (Å²) in [5.41, 5.74) is 13.1. The minimum atomic E-state index is -0.899. The number of allylic oxidation sites excluding steroid dienone is 1. The van der Waals surface area contributed by atoms with Crippen molar-refractivity contribution in [1.29, 1.82) is 0 Å². The number of methoxy groups -OCH3 is 1. The van der Waals surface area contributed by atoms with Gasteiger partial charge in [-0.05, 0) is 88.8 Å². The number of fused-ring (bicyclic) bond motifs is 1. The Morgan fingerprint density at radius 1 is 1.14 bits per heavy atom. The van der Waals surface area contributed by atoms with Crippen LogP contribution in [0, 0.1) is 5.92 Å². The van der Waals surface area contributed by atoms with Gasteiger partial charge in [0.2, 0.25) is 17.7 Å². The fourth-order valence-corrected chi connectivity index (χ4v) is 8.32. The van der Waals surface area contributed by atoms with Crippen molar-refractivity contribution < 1.29 is 33.4 Å². The predicted octanol–water partition coefficient (Wildman–Crippen LogP) is 2.51. The van der Waals surface area contributed by atoms with Gasteiger partial charge >= 0.3 is 6.09 Å². The molecule has 2 fully saturated rings. The van der Waals surface area contributed by atoms with Crippen molar-refractivity contribution in [2.75, 3.05) is 26.7 Å². The fraction of sp³-hybridized carbons (Fsp3) is 0.639. The summed E-state index contributed by atoms with van der Waals surface area (Å²) in [6.45, 7) is 5.68. The maximum absolute atomic E-state index is 13.9. The number of aliphatic imine (C=N–C) groups is 1. The number of rotatable bonds is 13. The Labute approximate surface area is 294 Å². The van der Waals surface area contributed by atoms with Gasteiger partial charge in [0.05, 0.1) is 13.2 Å². The summed E-state index contributed by atoms with van der Waals surface area (Å²) in [7, 11) is 1.65. The molecule has 0 radical (unpaired) electrons. The molecule has 50 heavy (non-hydrogen) atoms. The lowest BCUT2D eigenvalue weighted by atomic mass is 9.57. The third kappa shape index (κ3) is 7.94. The molecule has 2 bridgehead atoms. The number of nitrogens with two attached hydrogens (primary N) is 2. The number of likely N-dealkylation sites (tertiary alicyclic amines) is 1. The molecule has 2 heterocycles. The zero-order valence-electron chi connectivity index (χ0n) is 29.7. The van der Waals surface area contributed by atoms with E-state index in [0.29, 0.717) is 36.8 Å². The van der Waals surface area contributed by atoms with Crippen LogP contribution in [0.2, 0.25) is 0 Å². The largest absolute Gasteiger partial charge is 0.493 e. The summed E-state index contributed by atoms with van der Waals surface area (Å²) in [6.07, 6.45) is 9.20. The van der Waals surface area contributed by atoms with Crippen molar-refractivity contribution in [1.82, 2.24) is 20.9 Å². The molecule has 1 saturated carbocycles. The Kier molecular flexibility index (Phi) is 11.8. The minimum absolute atomic E-state index is 0.0606. The monoisotopic (exact) mass is 695 g/mol. The lowest BCUT2D eigenvalue weighted by Crippen LogP contribution is -2.55. The van der Waals surface area contributed by atoms with E-state index in [0.717, 1.165) is 44.3 Å². The maximum Gasteiger partial charge on any atom is 0.415 e. The summed E-state index contributed by atoms with van der Waals surface area (Å²) >= 11 is 0. The van der Waals surface area contributed by atoms with Crippen LogP contribution in [0.5, 0.6) is 11.5 Å². The highest BCUT2D eigenvalue weighted by molar-refractivity contribution is 5.91. The number of benzene rings is 1. The molecule has 6 atom stereocenters. The van der Waals surface area contributed by atoms with Crippen molar-refractivity contribution in [3.05, 3.63) is 35.1 Å². The maximum atomic E-state index is 13.9. The minimum Gasteiger partial charge on any atom is -0.493 e. The highest BCUT2D eigenvalue weighted by Gasteiger charge is 2.57. The van der Waals surface area contributed by atoms with Crippen LogP contribution in [0.4, 0.5) is 4.79 Å². The number of hydrogen-bond donors (Lipinski definition) is 5. The Morgan fingerprint density at radius 3 is 2.66 bits per heavy atom. The van der Waals surface area contributed by atoms with Crippen LogP contribution in [0.3, 0.4) is 0 Å². The van der Waals surface area contributed by atoms with Crippen molar-refractivity contribution in [2.45, 2.75) is 115 Å². The lowest BCUT2D eigenvalue weighted by Gasteiger charge is -2.45. The average Bonchev–Trinajstić information content (AvgIpc) is 3.41. The van der Waals surface area contributed by atoms with Crippen LogP contribution in [0.1, 0.15) is 89.7 Å². The SMILES string of the molecule is C/C=C(/OC(=O)N1CCCC[C@@H]1CNC(=O)[C@H](CCCN=C(N)N)NC(=O)[C@H](C)NC(C)=O)C1Oc2c(OC)ccc3c2C12CCC[C@H](C3)C2. The van der Waals surface area contributed by atoms with E-state index >= 15 is 0 Å². The molecule has 2 unspecified atom stereocenters. The summed E-state index contributed by atoms with van der Waals surface area (Å²) in [4.78, 5) is 57.3. The van der Waals surface area contributed by atoms with E-state index < -0.39 is 36.1 Å². The Morgan fingerprint density at radius 2 is 1.94 bits per heavy atom. The van der Waals surface area contributed by atoms with Gasteiger partial charge in [-0.3, -0.25) is 19.4 Å². The molecule has 274 valence electrons. The number of carbonyl (C=O) groups is 4. The van der Waals surface area contributed by atoms with Gasteiger partial charge in [0, 0.05) is 37.5 Å². The molecule has 1 saturated heterocycles. The normalized spacial score (nSPS) is 24.8. The van der Waals surface area contributed by atoms with E-state index in [9.17, 15) is 19.2 Å². The Balaban J connectivity index is 1.26. The number of guanidine groups is 1. The molecule has 4 aliphatic rings. The van der Waals surface area contributed by atoms with Gasteiger partial charge in [0.15, 0.2) is 23.6 Å². The van der Waals surface area contributed by atoms with Crippen molar-refractivity contribution in [2.24, 2.45) is 22.4 Å². The molecule has 1 spiro atoms. The van der Waals surface area contributed by atoms with Gasteiger partial charge in [0.1, 0.15) is 17.8 Å². The molecule has 7 N–H and O–H groups in total. The standard InChI is InChI=1S/C36H53N7O7/c1-5-27(31-36-15-8-10-23(19-36)18-24-13-14-28(48-4)30(50-31)29(24)36)49-35(47)43-17-7-6-11-25(43)20-40-33(46)26(12-9-16-39-34(37)38)42-32(45)21(2)41-22(3)44/h5,13-14,21,23,25-26,31H,6-12,15-20H2,1-4H3,(H,40,46)(H,41,44)(H,42,45)(H4,37,38,39)/b27-5+/t21-,23+,25+,26-,31?,36?/m0/s1. The first kappa shape index (κ1) is 36.8. The molecule has 14 heteroatoms. The van der Waals surface area contributed by atoms with Gasteiger partial charge in [0.25, 0.3) is 0 Å². The Bertz CT molecular complexity index is 1510. The molecule has 0 aromatic heterocycles. The van der Waals surface area contributed by atoms with Crippen molar-refractivity contribution in [3.63, 3.8) is 0 Å². The number of nitrogens with one attached hydrogen (secondary N) is 3. The summed E-state index contributed by atoms with van der Waals surface area (Å²) in [6, 6.07) is 2.09. The lowest BCUT2D eigenvalue weighted by molar-refractivity contribution is -0.131. The number of piperidine rings is 1. The average molecular weight is 696 g/mol. The number of amides is 4. The summed E-state index contributed by atoms with van der Waals surface area (Å²) in [5.74, 6) is 1.18. The molecule has 1 aromatic rings. The second-order valence-electron chi connectivity index (χ2n) is 14.0. The van der Waals surface area contributed by atoms with E-state index in [-0.39, 0.29) is 42.8 Å². The number of carbonyl (C=O) groups excluding carboxylic acids is 4. The van der Waals surface area contributed by atoms with E-state index in [1.807, 2.05) is 19.1 Å². The first-order valence-corrected chi connectivity index (χ1v) is 17.9. The van der Waals surface area contributed by atoms with E-state index in [1.165, 1.54) is 24.5 Å². The third-order valence-electron chi connectivity index (χ3n) is 10.6. The number of nitrogens with zero attached hydrogens (tertiary/aromatic N) is 2. The van der Waals surface area contributed by atoms with Gasteiger partial charge in [-0.25, -0.2) is 4.79 Å². The summed E-state index contributed by atoms with van der Waals surface area (Å²) < 4.78 is 18.6. The molecule has 1 aromatic carbocycles. The first-order chi connectivity index (χ1) is 24.0. The van der Waals surface area contributed by atoms with E-state index in [4.69, 9.17) is 25.7 Å². The topological polar surface area (TPSA) is 200 Å². The molecule has 2 aliphatic heterocycles. The Hall–Kier alpha value is -4.49. The molecule has 14 nitrogen and oxygen atoms in total. The van der Waals surface area contributed by atoms with Crippen LogP contribution < -0.4 is 36.9 Å². The molecule has 5 rings (SSSR count). The third-order valence-corrected chi connectivity index (χ3v) is 10.6. The van der Waals surface area contributed by atoms with Gasteiger partial charge in [-0.2, -0.15) is 0 Å². The van der Waals surface area contributed by atoms with Crippen LogP contribution >= 0.6 is 0 Å². The summed E-state index contributed by atoms with van der Waals surface area (Å²) in [5, 5.41) is 8.21. The smallest absolute Gasteiger partial charge is 0.415 e. The molecule has 2 aliphatic carbocycles. The zero-order valence-corrected chi connectivity index (χ0v) is 29.7. The van der Waals surface area contributed by atoms with Crippen molar-refractivity contribution in [3.8, 4) is 11.5 Å². The van der Waals surface area contributed by atoms with Crippen LogP contribution in [-0.4, -0.2) is 85.6 Å². The van der Waals surface area contributed by atoms with Gasteiger partial charge in [-0.1, -0.05) is 18.9 Å². The second-order valence-corrected chi connectivity index (χ2v) is 14.0. The molecular weight excluding hydrogens is 642 g/mol. The molecular formula is C36H53N7O7. The number of hydrogen-bond acceptors (Lipinski definition) is 8. The van der Waals surface area contributed by atoms with Gasteiger partial charge in [-0.15, -0.1) is 0 Å². The zero-order chi connectivity index (χ0) is 36.0. The quantitative estimate of drug-likeness (QED) is 0.0890. The predicted molar refractivity (Wildman–Crippen MR) is 187 cm³/mol. The van der Waals surface area contributed by atoms with Crippen LogP contribution in [0.25, 0.3) is 0 Å². The van der Waals surface area contributed by atoms with Crippen molar-refractivity contribution >= 4 is 29.8 Å². The van der Waals surface area contributed by atoms with E-state index in [1.54, 1.807) is 18.9 Å². The van der Waals surface area contributed by atoms with E-state index in [2.05, 4.69) is 27.0 Å². The highest BCUT2D eigenvalue weighted by atomic mass is 16.6. The second kappa shape index (κ2) is 16.0. The highest BCUT2D eigenvalue weighted by Crippen LogP contribution is 2.61. The number of ether oxygens (including phenoxy) is 3. The first-order valence-electron chi connectivity index (χ1n) is 17.9. The van der Waals surface area contributed by atoms with Crippen LogP contribution in [0.15, 0.2) is 29.0 Å². The van der Waals surface area contributed by atoms with Crippen LogP contribution in [-0.2, 0) is 31.0 Å². The van der Waals surface area contributed by atoms with Gasteiger partial charge < -0.3 is 46.5 Å².